The van der Waals surface area contributed by atoms with Crippen molar-refractivity contribution in [3.05, 3.63) is 29.8 Å². The van der Waals surface area contributed by atoms with E-state index in [4.69, 9.17) is 9.47 Å². The average Bonchev–Trinajstić information content (AvgIpc) is 2.57. The Morgan fingerprint density at radius 2 is 1.84 bits per heavy atom. The molecule has 1 aromatic carbocycles. The SMILES string of the molecule is COCCNC(=O)CSc1ccccc1C(=O)OCC(=O)C(C)(C)C. The molecule has 0 bridgehead atoms. The van der Waals surface area contributed by atoms with Gasteiger partial charge in [0, 0.05) is 24.0 Å². The predicted octanol–water partition coefficient (Wildman–Crippen LogP) is 2.31. The molecule has 0 heterocycles. The van der Waals surface area contributed by atoms with Gasteiger partial charge in [0.05, 0.1) is 17.9 Å². The molecule has 0 aromatic heterocycles. The summed E-state index contributed by atoms with van der Waals surface area (Å²) >= 11 is 1.24. The van der Waals surface area contributed by atoms with Gasteiger partial charge in [-0.1, -0.05) is 32.9 Å². The number of ether oxygens (including phenoxy) is 2. The summed E-state index contributed by atoms with van der Waals surface area (Å²) in [5.41, 5.74) is -0.214. The number of esters is 1. The standard InChI is InChI=1S/C18H25NO5S/c1-18(2,3)15(20)11-24-17(22)13-7-5-6-8-14(13)25-12-16(21)19-9-10-23-4/h5-8H,9-12H2,1-4H3,(H,19,21). The third-order valence-corrected chi connectivity index (χ3v) is 4.34. The molecule has 0 saturated heterocycles. The zero-order chi connectivity index (χ0) is 18.9. The number of benzene rings is 1. The molecular weight excluding hydrogens is 342 g/mol. The fraction of sp³-hybridized carbons (Fsp3) is 0.500. The first-order valence-corrected chi connectivity index (χ1v) is 8.92. The van der Waals surface area contributed by atoms with Crippen molar-refractivity contribution in [2.45, 2.75) is 25.7 Å². The highest BCUT2D eigenvalue weighted by Gasteiger charge is 2.23. The second-order valence-corrected chi connectivity index (χ2v) is 7.39. The summed E-state index contributed by atoms with van der Waals surface area (Å²) in [5.74, 6) is -0.688. The number of ketones is 1. The van der Waals surface area contributed by atoms with Crippen LogP contribution in [0.3, 0.4) is 0 Å². The summed E-state index contributed by atoms with van der Waals surface area (Å²) in [5, 5.41) is 2.71. The van der Waals surface area contributed by atoms with Crippen molar-refractivity contribution in [3.63, 3.8) is 0 Å². The van der Waals surface area contributed by atoms with Gasteiger partial charge in [-0.25, -0.2) is 4.79 Å². The van der Waals surface area contributed by atoms with Crippen molar-refractivity contribution in [3.8, 4) is 0 Å². The van der Waals surface area contributed by atoms with Crippen LogP contribution in [0.4, 0.5) is 0 Å². The number of hydrogen-bond acceptors (Lipinski definition) is 6. The van der Waals surface area contributed by atoms with Gasteiger partial charge in [-0.3, -0.25) is 9.59 Å². The summed E-state index contributed by atoms with van der Waals surface area (Å²) in [6, 6.07) is 6.86. The minimum Gasteiger partial charge on any atom is -0.454 e. The second kappa shape index (κ2) is 10.2. The Morgan fingerprint density at radius 1 is 1.16 bits per heavy atom. The van der Waals surface area contributed by atoms with Crippen molar-refractivity contribution < 1.29 is 23.9 Å². The molecule has 0 radical (unpaired) electrons. The highest BCUT2D eigenvalue weighted by atomic mass is 32.2. The largest absolute Gasteiger partial charge is 0.454 e. The molecule has 0 fully saturated rings. The van der Waals surface area contributed by atoms with Crippen LogP contribution in [0.5, 0.6) is 0 Å². The summed E-state index contributed by atoms with van der Waals surface area (Å²) in [6.07, 6.45) is 0. The van der Waals surface area contributed by atoms with Crippen molar-refractivity contribution in [2.75, 3.05) is 32.6 Å². The molecule has 1 rings (SSSR count). The topological polar surface area (TPSA) is 81.7 Å². The summed E-state index contributed by atoms with van der Waals surface area (Å²) in [6.45, 7) is 5.94. The highest BCUT2D eigenvalue weighted by Crippen LogP contribution is 2.23. The van der Waals surface area contributed by atoms with E-state index in [1.54, 1.807) is 52.1 Å². The minimum atomic E-state index is -0.569. The number of hydrogen-bond donors (Lipinski definition) is 1. The number of carbonyl (C=O) groups excluding carboxylic acids is 3. The fourth-order valence-electron chi connectivity index (χ4n) is 1.67. The van der Waals surface area contributed by atoms with Gasteiger partial charge in [0.2, 0.25) is 5.91 Å². The molecule has 0 aliphatic heterocycles. The normalized spacial score (nSPS) is 11.0. The number of rotatable bonds is 9. The Bertz CT molecular complexity index is 610. The van der Waals surface area contributed by atoms with E-state index in [2.05, 4.69) is 5.32 Å². The van der Waals surface area contributed by atoms with E-state index in [0.717, 1.165) is 0 Å². The first-order chi connectivity index (χ1) is 11.8. The van der Waals surface area contributed by atoms with E-state index < -0.39 is 11.4 Å². The molecule has 25 heavy (non-hydrogen) atoms. The molecule has 0 saturated carbocycles. The molecule has 0 spiro atoms. The summed E-state index contributed by atoms with van der Waals surface area (Å²) in [4.78, 5) is 36.5. The van der Waals surface area contributed by atoms with Crippen LogP contribution in [0.15, 0.2) is 29.2 Å². The highest BCUT2D eigenvalue weighted by molar-refractivity contribution is 8.00. The van der Waals surface area contributed by atoms with Gasteiger partial charge >= 0.3 is 5.97 Å². The fourth-order valence-corrected chi connectivity index (χ4v) is 2.54. The van der Waals surface area contributed by atoms with Crippen LogP contribution >= 0.6 is 11.8 Å². The molecule has 138 valence electrons. The van der Waals surface area contributed by atoms with Gasteiger partial charge < -0.3 is 14.8 Å². The third-order valence-electron chi connectivity index (χ3n) is 3.26. The van der Waals surface area contributed by atoms with Gasteiger partial charge in [-0.05, 0) is 12.1 Å². The molecule has 1 N–H and O–H groups in total. The maximum atomic E-state index is 12.2. The number of nitrogens with one attached hydrogen (secondary N) is 1. The molecule has 1 amide bonds. The van der Waals surface area contributed by atoms with Gasteiger partial charge in [0.15, 0.2) is 12.4 Å². The molecule has 1 aromatic rings. The Labute approximate surface area is 152 Å². The number of carbonyl (C=O) groups is 3. The Morgan fingerprint density at radius 3 is 2.48 bits per heavy atom. The van der Waals surface area contributed by atoms with Crippen LogP contribution in [0.1, 0.15) is 31.1 Å². The lowest BCUT2D eigenvalue weighted by Crippen LogP contribution is -2.28. The Hall–Kier alpha value is -1.86. The number of amides is 1. The van der Waals surface area contributed by atoms with E-state index >= 15 is 0 Å². The van der Waals surface area contributed by atoms with E-state index in [1.807, 2.05) is 0 Å². The molecule has 0 atom stereocenters. The average molecular weight is 367 g/mol. The van der Waals surface area contributed by atoms with Gasteiger partial charge in [0.1, 0.15) is 0 Å². The zero-order valence-corrected chi connectivity index (χ0v) is 15.9. The maximum absolute atomic E-state index is 12.2. The van der Waals surface area contributed by atoms with Crippen LogP contribution in [0.25, 0.3) is 0 Å². The first kappa shape index (κ1) is 21.2. The summed E-state index contributed by atoms with van der Waals surface area (Å²) < 4.78 is 9.99. The van der Waals surface area contributed by atoms with Gasteiger partial charge in [0.25, 0.3) is 0 Å². The lowest BCUT2D eigenvalue weighted by Gasteiger charge is -2.16. The molecule has 6 nitrogen and oxygen atoms in total. The first-order valence-electron chi connectivity index (χ1n) is 7.93. The van der Waals surface area contributed by atoms with Crippen LogP contribution in [0.2, 0.25) is 0 Å². The van der Waals surface area contributed by atoms with Crippen molar-refractivity contribution >= 4 is 29.4 Å². The lowest BCUT2D eigenvalue weighted by atomic mass is 9.91. The van der Waals surface area contributed by atoms with E-state index in [0.29, 0.717) is 23.6 Å². The molecule has 7 heteroatoms. The second-order valence-electron chi connectivity index (χ2n) is 6.38. The zero-order valence-electron chi connectivity index (χ0n) is 15.1. The number of methoxy groups -OCH3 is 1. The van der Waals surface area contributed by atoms with Crippen LogP contribution in [0, 0.1) is 5.41 Å². The summed E-state index contributed by atoms with van der Waals surface area (Å²) in [7, 11) is 1.56. The van der Waals surface area contributed by atoms with E-state index in [1.165, 1.54) is 11.8 Å². The van der Waals surface area contributed by atoms with Gasteiger partial charge in [-0.2, -0.15) is 0 Å². The van der Waals surface area contributed by atoms with Crippen LogP contribution in [-0.2, 0) is 19.1 Å². The molecule has 0 unspecified atom stereocenters. The minimum absolute atomic E-state index is 0.145. The predicted molar refractivity (Wildman–Crippen MR) is 96.8 cm³/mol. The maximum Gasteiger partial charge on any atom is 0.339 e. The van der Waals surface area contributed by atoms with Crippen molar-refractivity contribution in [1.82, 2.24) is 5.32 Å². The lowest BCUT2D eigenvalue weighted by molar-refractivity contribution is -0.129. The Kier molecular flexibility index (Phi) is 8.65. The number of Topliss-reactive ketones (excluding diaryl/α,β-unsaturated/α-hetero) is 1. The van der Waals surface area contributed by atoms with E-state index in [-0.39, 0.29) is 24.1 Å². The molecule has 0 aliphatic carbocycles. The number of thioether (sulfide) groups is 1. The van der Waals surface area contributed by atoms with E-state index in [9.17, 15) is 14.4 Å². The van der Waals surface area contributed by atoms with Crippen LogP contribution in [-0.4, -0.2) is 50.3 Å². The quantitative estimate of drug-likeness (QED) is 0.410. The smallest absolute Gasteiger partial charge is 0.339 e. The van der Waals surface area contributed by atoms with Crippen LogP contribution < -0.4 is 5.32 Å². The van der Waals surface area contributed by atoms with Crippen molar-refractivity contribution in [2.24, 2.45) is 5.41 Å². The monoisotopic (exact) mass is 367 g/mol. The molecule has 0 aliphatic rings. The third kappa shape index (κ3) is 7.70. The Balaban J connectivity index is 2.62. The van der Waals surface area contributed by atoms with Crippen molar-refractivity contribution in [1.29, 1.82) is 0 Å². The molecular formula is C18H25NO5S. The van der Waals surface area contributed by atoms with Gasteiger partial charge in [-0.15, -0.1) is 11.8 Å².